The van der Waals surface area contributed by atoms with Crippen molar-refractivity contribution < 1.29 is 19.2 Å². The van der Waals surface area contributed by atoms with Crippen molar-refractivity contribution in [1.29, 1.82) is 0 Å². The Bertz CT molecular complexity index is 890. The fourth-order valence-corrected chi connectivity index (χ4v) is 3.31. The Morgan fingerprint density at radius 3 is 2.27 bits per heavy atom. The molecule has 8 heteroatoms. The van der Waals surface area contributed by atoms with Crippen molar-refractivity contribution in [2.75, 3.05) is 31.1 Å². The monoisotopic (exact) mass is 411 g/mol. The summed E-state index contributed by atoms with van der Waals surface area (Å²) in [6, 6.07) is 12.9. The Morgan fingerprint density at radius 1 is 1.03 bits per heavy atom. The molecule has 0 spiro atoms. The van der Waals surface area contributed by atoms with Crippen LogP contribution in [0.4, 0.5) is 11.4 Å². The minimum absolute atomic E-state index is 0.0501. The first-order valence-electron chi connectivity index (χ1n) is 9.96. The van der Waals surface area contributed by atoms with Crippen LogP contribution in [0.2, 0.25) is 0 Å². The molecule has 2 aromatic rings. The molecule has 0 radical (unpaired) electrons. The van der Waals surface area contributed by atoms with Gasteiger partial charge in [0.2, 0.25) is 5.91 Å². The molecule has 1 heterocycles. The summed E-state index contributed by atoms with van der Waals surface area (Å²) >= 11 is 0. The number of non-ortho nitro benzene ring substituents is 1. The second-order valence-electron chi connectivity index (χ2n) is 7.30. The maximum atomic E-state index is 12.9. The zero-order chi connectivity index (χ0) is 21.5. The fourth-order valence-electron chi connectivity index (χ4n) is 3.31. The zero-order valence-corrected chi connectivity index (χ0v) is 17.0. The molecule has 1 fully saturated rings. The number of hydrogen-bond acceptors (Lipinski definition) is 5. The van der Waals surface area contributed by atoms with E-state index in [2.05, 4.69) is 0 Å². The summed E-state index contributed by atoms with van der Waals surface area (Å²) in [6.45, 7) is 3.05. The number of anilines is 1. The Balaban J connectivity index is 1.69. The predicted molar refractivity (Wildman–Crippen MR) is 113 cm³/mol. The molecule has 3 rings (SSSR count). The third kappa shape index (κ3) is 5.56. The van der Waals surface area contributed by atoms with Crippen molar-refractivity contribution >= 4 is 23.2 Å². The Morgan fingerprint density at radius 2 is 1.67 bits per heavy atom. The van der Waals surface area contributed by atoms with Crippen LogP contribution in [0.1, 0.15) is 24.8 Å². The molecule has 0 atom stereocenters. The molecule has 8 nitrogen and oxygen atoms in total. The molecule has 1 saturated heterocycles. The van der Waals surface area contributed by atoms with Gasteiger partial charge < -0.3 is 14.5 Å². The summed E-state index contributed by atoms with van der Waals surface area (Å²) < 4.78 is 5.52. The van der Waals surface area contributed by atoms with E-state index in [4.69, 9.17) is 4.74 Å². The lowest BCUT2D eigenvalue weighted by Gasteiger charge is -2.30. The normalized spacial score (nSPS) is 13.6. The summed E-state index contributed by atoms with van der Waals surface area (Å²) in [6.07, 6.45) is 3.08. The molecule has 0 aromatic heterocycles. The average molecular weight is 411 g/mol. The third-order valence-electron chi connectivity index (χ3n) is 5.06. The van der Waals surface area contributed by atoms with E-state index in [0.29, 0.717) is 24.5 Å². The van der Waals surface area contributed by atoms with Gasteiger partial charge in [-0.05, 0) is 50.5 Å². The Kier molecular flexibility index (Phi) is 7.00. The molecule has 0 bridgehead atoms. The van der Waals surface area contributed by atoms with Gasteiger partial charge in [-0.25, -0.2) is 0 Å². The standard InChI is InChI=1S/C22H25N3O5/c1-17-5-7-18(8-6-17)24(15-21(26)23-13-3-2-4-14-23)22(27)16-30-20-11-9-19(10-12-20)25(28)29/h5-12H,2-4,13-16H2,1H3. The van der Waals surface area contributed by atoms with Crippen molar-refractivity contribution in [2.24, 2.45) is 0 Å². The lowest BCUT2D eigenvalue weighted by Crippen LogP contribution is -2.46. The van der Waals surface area contributed by atoms with E-state index in [1.807, 2.05) is 31.2 Å². The topological polar surface area (TPSA) is 93.0 Å². The van der Waals surface area contributed by atoms with Crippen LogP contribution in [0.15, 0.2) is 48.5 Å². The van der Waals surface area contributed by atoms with Gasteiger partial charge in [-0.1, -0.05) is 17.7 Å². The first-order valence-corrected chi connectivity index (χ1v) is 9.96. The number of aryl methyl sites for hydroxylation is 1. The number of carbonyl (C=O) groups excluding carboxylic acids is 2. The number of piperidine rings is 1. The van der Waals surface area contributed by atoms with Crippen molar-refractivity contribution in [3.63, 3.8) is 0 Å². The molecular weight excluding hydrogens is 386 g/mol. The lowest BCUT2D eigenvalue weighted by molar-refractivity contribution is -0.384. The van der Waals surface area contributed by atoms with Crippen LogP contribution in [0.5, 0.6) is 5.75 Å². The summed E-state index contributed by atoms with van der Waals surface area (Å²) in [5.41, 5.74) is 1.63. The predicted octanol–water partition coefficient (Wildman–Crippen LogP) is 3.33. The second-order valence-corrected chi connectivity index (χ2v) is 7.30. The number of nitro benzene ring substituents is 1. The van der Waals surface area contributed by atoms with Crippen LogP contribution in [0.3, 0.4) is 0 Å². The molecule has 30 heavy (non-hydrogen) atoms. The molecular formula is C22H25N3O5. The number of amides is 2. The van der Waals surface area contributed by atoms with Gasteiger partial charge in [-0.3, -0.25) is 19.7 Å². The molecule has 2 amide bonds. The maximum Gasteiger partial charge on any atom is 0.269 e. The highest BCUT2D eigenvalue weighted by Crippen LogP contribution is 2.19. The van der Waals surface area contributed by atoms with E-state index >= 15 is 0 Å². The van der Waals surface area contributed by atoms with Gasteiger partial charge in [0.05, 0.1) is 4.92 Å². The summed E-state index contributed by atoms with van der Waals surface area (Å²) in [5.74, 6) is -0.0957. The van der Waals surface area contributed by atoms with Crippen LogP contribution in [-0.4, -0.2) is 47.9 Å². The Labute approximate surface area is 175 Å². The molecule has 2 aromatic carbocycles. The van der Waals surface area contributed by atoms with Gasteiger partial charge in [0, 0.05) is 30.9 Å². The van der Waals surface area contributed by atoms with Crippen LogP contribution in [0.25, 0.3) is 0 Å². The summed E-state index contributed by atoms with van der Waals surface area (Å²) in [5, 5.41) is 10.7. The van der Waals surface area contributed by atoms with Gasteiger partial charge in [0.25, 0.3) is 11.6 Å². The maximum absolute atomic E-state index is 12.9. The number of nitro groups is 1. The van der Waals surface area contributed by atoms with Crippen LogP contribution in [0, 0.1) is 17.0 Å². The molecule has 0 N–H and O–H groups in total. The van der Waals surface area contributed by atoms with Gasteiger partial charge in [0.15, 0.2) is 6.61 Å². The minimum Gasteiger partial charge on any atom is -0.484 e. The number of benzene rings is 2. The van der Waals surface area contributed by atoms with E-state index < -0.39 is 4.92 Å². The van der Waals surface area contributed by atoms with Crippen molar-refractivity contribution in [3.05, 3.63) is 64.2 Å². The second kappa shape index (κ2) is 9.87. The fraction of sp³-hybridized carbons (Fsp3) is 0.364. The van der Waals surface area contributed by atoms with Crippen LogP contribution in [-0.2, 0) is 9.59 Å². The van der Waals surface area contributed by atoms with Gasteiger partial charge in [-0.15, -0.1) is 0 Å². The average Bonchev–Trinajstić information content (AvgIpc) is 2.77. The van der Waals surface area contributed by atoms with Gasteiger partial charge >= 0.3 is 0 Å². The highest BCUT2D eigenvalue weighted by Gasteiger charge is 2.24. The minimum atomic E-state index is -0.500. The van der Waals surface area contributed by atoms with E-state index in [-0.39, 0.29) is 30.7 Å². The molecule has 0 aliphatic carbocycles. The first kappa shape index (κ1) is 21.3. The van der Waals surface area contributed by atoms with Gasteiger partial charge in [0.1, 0.15) is 12.3 Å². The molecule has 158 valence electrons. The molecule has 0 unspecified atom stereocenters. The van der Waals surface area contributed by atoms with Crippen LogP contribution < -0.4 is 9.64 Å². The molecule has 1 aliphatic heterocycles. The first-order chi connectivity index (χ1) is 14.4. The quantitative estimate of drug-likeness (QED) is 0.515. The highest BCUT2D eigenvalue weighted by atomic mass is 16.6. The molecule has 1 aliphatic rings. The smallest absolute Gasteiger partial charge is 0.269 e. The van der Waals surface area contributed by atoms with Crippen LogP contribution >= 0.6 is 0 Å². The SMILES string of the molecule is Cc1ccc(N(CC(=O)N2CCCCC2)C(=O)COc2ccc([N+](=O)[O-])cc2)cc1. The number of rotatable bonds is 7. The Hall–Kier alpha value is -3.42. The van der Waals surface area contributed by atoms with E-state index in [1.54, 1.807) is 4.90 Å². The number of likely N-dealkylation sites (tertiary alicyclic amines) is 1. The largest absolute Gasteiger partial charge is 0.484 e. The van der Waals surface area contributed by atoms with E-state index in [1.165, 1.54) is 29.2 Å². The number of hydrogen-bond donors (Lipinski definition) is 0. The summed E-state index contributed by atoms with van der Waals surface area (Å²) in [7, 11) is 0. The third-order valence-corrected chi connectivity index (χ3v) is 5.06. The van der Waals surface area contributed by atoms with Crippen molar-refractivity contribution in [3.8, 4) is 5.75 Å². The van der Waals surface area contributed by atoms with Crippen molar-refractivity contribution in [2.45, 2.75) is 26.2 Å². The van der Waals surface area contributed by atoms with E-state index in [9.17, 15) is 19.7 Å². The number of nitrogens with zero attached hydrogens (tertiary/aromatic N) is 3. The summed E-state index contributed by atoms with van der Waals surface area (Å²) in [4.78, 5) is 39.2. The lowest BCUT2D eigenvalue weighted by atomic mass is 10.1. The highest BCUT2D eigenvalue weighted by molar-refractivity contribution is 5.99. The zero-order valence-electron chi connectivity index (χ0n) is 17.0. The molecule has 0 saturated carbocycles. The van der Waals surface area contributed by atoms with Gasteiger partial charge in [-0.2, -0.15) is 0 Å². The number of carbonyl (C=O) groups is 2. The number of ether oxygens (including phenoxy) is 1. The van der Waals surface area contributed by atoms with Crippen molar-refractivity contribution in [1.82, 2.24) is 4.90 Å². The van der Waals surface area contributed by atoms with E-state index in [0.717, 1.165) is 24.8 Å².